The van der Waals surface area contributed by atoms with E-state index in [0.717, 1.165) is 6.54 Å². The third-order valence-electron chi connectivity index (χ3n) is 3.96. The van der Waals surface area contributed by atoms with Gasteiger partial charge in [0.05, 0.1) is 0 Å². The third-order valence-corrected chi connectivity index (χ3v) is 4.18. The van der Waals surface area contributed by atoms with Crippen LogP contribution in [-0.2, 0) is 6.54 Å². The highest BCUT2D eigenvalue weighted by Gasteiger charge is 2.22. The van der Waals surface area contributed by atoms with Crippen molar-refractivity contribution < 1.29 is 4.39 Å². The summed E-state index contributed by atoms with van der Waals surface area (Å²) in [7, 11) is 0. The smallest absolute Gasteiger partial charge is 0.137 e. The highest BCUT2D eigenvalue weighted by atomic mass is 32.1. The molecule has 4 heteroatoms. The molecule has 1 aliphatic carbocycles. The van der Waals surface area contributed by atoms with Gasteiger partial charge in [0.2, 0.25) is 0 Å². The lowest BCUT2D eigenvalue weighted by Crippen LogP contribution is -2.33. The second-order valence-electron chi connectivity index (χ2n) is 5.14. The predicted molar refractivity (Wildman–Crippen MR) is 80.6 cm³/mol. The van der Waals surface area contributed by atoms with Crippen LogP contribution in [0, 0.1) is 5.82 Å². The molecule has 0 heterocycles. The van der Waals surface area contributed by atoms with E-state index in [-0.39, 0.29) is 10.8 Å². The van der Waals surface area contributed by atoms with Gasteiger partial charge in [-0.1, -0.05) is 44.1 Å². The Hall–Kier alpha value is -1.00. The lowest BCUT2D eigenvalue weighted by molar-refractivity contribution is 0.198. The molecule has 19 heavy (non-hydrogen) atoms. The molecule has 0 radical (unpaired) electrons. The zero-order valence-corrected chi connectivity index (χ0v) is 12.2. The molecule has 2 N–H and O–H groups in total. The standard InChI is InChI=1S/C15H21FN2S/c1-2-18(12-7-3-4-8-12)10-11-6-5-9-13(14(11)16)15(17)19/h5-6,9,12H,2-4,7-8,10H2,1H3,(H2,17,19). The van der Waals surface area contributed by atoms with Gasteiger partial charge in [0.25, 0.3) is 0 Å². The predicted octanol–water partition coefficient (Wildman–Crippen LogP) is 3.22. The fourth-order valence-corrected chi connectivity index (χ4v) is 3.04. The molecule has 1 saturated carbocycles. The van der Waals surface area contributed by atoms with Gasteiger partial charge in [0, 0.05) is 23.7 Å². The fraction of sp³-hybridized carbons (Fsp3) is 0.533. The zero-order valence-electron chi connectivity index (χ0n) is 11.4. The van der Waals surface area contributed by atoms with Crippen LogP contribution in [0.25, 0.3) is 0 Å². The van der Waals surface area contributed by atoms with Crippen LogP contribution in [0.15, 0.2) is 18.2 Å². The molecule has 1 aromatic rings. The highest BCUT2D eigenvalue weighted by Crippen LogP contribution is 2.25. The summed E-state index contributed by atoms with van der Waals surface area (Å²) in [5.74, 6) is -0.258. The summed E-state index contributed by atoms with van der Waals surface area (Å²) in [5, 5.41) is 0. The highest BCUT2D eigenvalue weighted by molar-refractivity contribution is 7.80. The van der Waals surface area contributed by atoms with E-state index < -0.39 is 0 Å². The van der Waals surface area contributed by atoms with Crippen molar-refractivity contribution in [1.29, 1.82) is 0 Å². The van der Waals surface area contributed by atoms with Crippen LogP contribution < -0.4 is 5.73 Å². The lowest BCUT2D eigenvalue weighted by atomic mass is 10.1. The molecule has 0 saturated heterocycles. The van der Waals surface area contributed by atoms with Crippen molar-refractivity contribution in [1.82, 2.24) is 4.90 Å². The molecule has 0 aliphatic heterocycles. The van der Waals surface area contributed by atoms with Crippen LogP contribution in [-0.4, -0.2) is 22.5 Å². The first kappa shape index (κ1) is 14.4. The van der Waals surface area contributed by atoms with Crippen LogP contribution >= 0.6 is 12.2 Å². The summed E-state index contributed by atoms with van der Waals surface area (Å²) in [6.45, 7) is 3.72. The Morgan fingerprint density at radius 2 is 2.11 bits per heavy atom. The van der Waals surface area contributed by atoms with Crippen LogP contribution in [0.4, 0.5) is 4.39 Å². The molecule has 1 fully saturated rings. The van der Waals surface area contributed by atoms with E-state index in [1.165, 1.54) is 25.7 Å². The van der Waals surface area contributed by atoms with Gasteiger partial charge in [-0.25, -0.2) is 4.39 Å². The van der Waals surface area contributed by atoms with E-state index in [4.69, 9.17) is 18.0 Å². The second-order valence-corrected chi connectivity index (χ2v) is 5.58. The van der Waals surface area contributed by atoms with Gasteiger partial charge in [-0.05, 0) is 25.5 Å². The van der Waals surface area contributed by atoms with Crippen LogP contribution in [0.1, 0.15) is 43.7 Å². The maximum atomic E-state index is 14.3. The number of thiocarbonyl (C=S) groups is 1. The van der Waals surface area contributed by atoms with Crippen LogP contribution in [0.3, 0.4) is 0 Å². The molecule has 1 aromatic carbocycles. The lowest BCUT2D eigenvalue weighted by Gasteiger charge is -2.27. The molecule has 0 aromatic heterocycles. The fourth-order valence-electron chi connectivity index (χ4n) is 2.88. The van der Waals surface area contributed by atoms with E-state index in [2.05, 4.69) is 11.8 Å². The molecule has 2 nitrogen and oxygen atoms in total. The Bertz CT molecular complexity index is 455. The van der Waals surface area contributed by atoms with Crippen molar-refractivity contribution in [3.8, 4) is 0 Å². The topological polar surface area (TPSA) is 29.3 Å². The number of benzene rings is 1. The summed E-state index contributed by atoms with van der Waals surface area (Å²) in [6, 6.07) is 5.90. The minimum absolute atomic E-state index is 0.128. The van der Waals surface area contributed by atoms with Gasteiger partial charge in [0.1, 0.15) is 10.8 Å². The number of nitrogens with zero attached hydrogens (tertiary/aromatic N) is 1. The molecule has 2 rings (SSSR count). The van der Waals surface area contributed by atoms with Gasteiger partial charge in [-0.15, -0.1) is 0 Å². The van der Waals surface area contributed by atoms with Crippen LogP contribution in [0.2, 0.25) is 0 Å². The average Bonchev–Trinajstić information content (AvgIpc) is 2.91. The minimum atomic E-state index is -0.258. The van der Waals surface area contributed by atoms with E-state index in [0.29, 0.717) is 23.7 Å². The molecular weight excluding hydrogens is 259 g/mol. The molecule has 0 atom stereocenters. The molecule has 0 spiro atoms. The van der Waals surface area contributed by atoms with Crippen molar-refractivity contribution in [3.05, 3.63) is 35.1 Å². The van der Waals surface area contributed by atoms with Gasteiger partial charge in [-0.3, -0.25) is 4.90 Å². The first-order valence-corrected chi connectivity index (χ1v) is 7.35. The Morgan fingerprint density at radius 3 is 2.68 bits per heavy atom. The average molecular weight is 280 g/mol. The number of hydrogen-bond acceptors (Lipinski definition) is 2. The largest absolute Gasteiger partial charge is 0.389 e. The minimum Gasteiger partial charge on any atom is -0.389 e. The van der Waals surface area contributed by atoms with Crippen molar-refractivity contribution in [2.24, 2.45) is 5.73 Å². The number of hydrogen-bond donors (Lipinski definition) is 1. The molecular formula is C15H21FN2S. The second kappa shape index (κ2) is 6.44. The zero-order chi connectivity index (χ0) is 13.8. The third kappa shape index (κ3) is 3.31. The van der Waals surface area contributed by atoms with Crippen LogP contribution in [0.5, 0.6) is 0 Å². The normalized spacial score (nSPS) is 16.2. The molecule has 0 unspecified atom stereocenters. The maximum absolute atomic E-state index is 14.3. The molecule has 1 aliphatic rings. The Morgan fingerprint density at radius 1 is 1.42 bits per heavy atom. The Labute approximate surface area is 119 Å². The van der Waals surface area contributed by atoms with Crippen molar-refractivity contribution in [2.45, 2.75) is 45.2 Å². The molecule has 0 amide bonds. The first-order valence-electron chi connectivity index (χ1n) is 6.94. The summed E-state index contributed by atoms with van der Waals surface area (Å²) >= 11 is 4.88. The van der Waals surface area contributed by atoms with Crippen molar-refractivity contribution in [2.75, 3.05) is 6.54 Å². The maximum Gasteiger partial charge on any atom is 0.137 e. The van der Waals surface area contributed by atoms with Gasteiger partial charge < -0.3 is 5.73 Å². The monoisotopic (exact) mass is 280 g/mol. The summed E-state index contributed by atoms with van der Waals surface area (Å²) in [6.07, 6.45) is 5.03. The molecule has 104 valence electrons. The van der Waals surface area contributed by atoms with E-state index >= 15 is 0 Å². The van der Waals surface area contributed by atoms with E-state index in [9.17, 15) is 4.39 Å². The van der Waals surface area contributed by atoms with Gasteiger partial charge in [0.15, 0.2) is 0 Å². The first-order chi connectivity index (χ1) is 9.13. The Kier molecular flexibility index (Phi) is 4.88. The number of rotatable bonds is 5. The number of halogens is 1. The quantitative estimate of drug-likeness (QED) is 0.840. The van der Waals surface area contributed by atoms with E-state index in [1.54, 1.807) is 6.07 Å². The molecule has 0 bridgehead atoms. The summed E-state index contributed by atoms with van der Waals surface area (Å²) in [5.41, 5.74) is 6.60. The van der Waals surface area contributed by atoms with Gasteiger partial charge in [-0.2, -0.15) is 0 Å². The van der Waals surface area contributed by atoms with Gasteiger partial charge >= 0.3 is 0 Å². The van der Waals surface area contributed by atoms with Crippen molar-refractivity contribution >= 4 is 17.2 Å². The summed E-state index contributed by atoms with van der Waals surface area (Å²) in [4.78, 5) is 2.48. The van der Waals surface area contributed by atoms with E-state index in [1.807, 2.05) is 12.1 Å². The number of nitrogens with two attached hydrogens (primary N) is 1. The SMILES string of the molecule is CCN(Cc1cccc(C(N)=S)c1F)C1CCCC1. The summed E-state index contributed by atoms with van der Waals surface area (Å²) < 4.78 is 14.3. The Balaban J connectivity index is 2.17. The van der Waals surface area contributed by atoms with Crippen molar-refractivity contribution in [3.63, 3.8) is 0 Å².